The van der Waals surface area contributed by atoms with Crippen molar-refractivity contribution in [3.63, 3.8) is 0 Å². The molecule has 0 aliphatic heterocycles. The standard InChI is InChI=1S/C44H46/c1-5-9-11-13-35-15-19-37(20-16-35)23-25-39-27-29-43(41(7-3)33-39)31-32-44-30-28-40(34-42(44)8-4)26-24-38-21-17-36(18-22-38)14-12-10-6-2/h15-22,27-30,33-34H,5-14H2,1-4H3. The van der Waals surface area contributed by atoms with Crippen LogP contribution >= 0.6 is 0 Å². The molecule has 0 radical (unpaired) electrons. The molecule has 4 aromatic carbocycles. The van der Waals surface area contributed by atoms with Gasteiger partial charge in [-0.2, -0.15) is 0 Å². The van der Waals surface area contributed by atoms with Crippen LogP contribution in [-0.2, 0) is 25.7 Å². The fourth-order valence-electron chi connectivity index (χ4n) is 5.26. The molecule has 4 aromatic rings. The quantitative estimate of drug-likeness (QED) is 0.131. The molecule has 0 amide bonds. The van der Waals surface area contributed by atoms with Crippen molar-refractivity contribution in [3.8, 4) is 35.5 Å². The lowest BCUT2D eigenvalue weighted by molar-refractivity contribution is 0.717. The van der Waals surface area contributed by atoms with Gasteiger partial charge in [0.05, 0.1) is 0 Å². The van der Waals surface area contributed by atoms with Crippen LogP contribution < -0.4 is 0 Å². The monoisotopic (exact) mass is 574 g/mol. The minimum atomic E-state index is 0.918. The number of hydrogen-bond donors (Lipinski definition) is 0. The highest BCUT2D eigenvalue weighted by molar-refractivity contribution is 5.55. The van der Waals surface area contributed by atoms with E-state index in [0.29, 0.717) is 0 Å². The van der Waals surface area contributed by atoms with Gasteiger partial charge in [0.1, 0.15) is 0 Å². The molecular formula is C44H46. The molecule has 0 aromatic heterocycles. The molecule has 0 nitrogen and oxygen atoms in total. The maximum absolute atomic E-state index is 3.45. The summed E-state index contributed by atoms with van der Waals surface area (Å²) < 4.78 is 0. The maximum atomic E-state index is 3.45. The molecule has 222 valence electrons. The van der Waals surface area contributed by atoms with Crippen LogP contribution in [0.2, 0.25) is 0 Å². The molecule has 0 aliphatic carbocycles. The summed E-state index contributed by atoms with van der Waals surface area (Å²) in [4.78, 5) is 0. The van der Waals surface area contributed by atoms with Crippen LogP contribution in [0.15, 0.2) is 84.9 Å². The second-order valence-corrected chi connectivity index (χ2v) is 11.5. The number of hydrogen-bond acceptors (Lipinski definition) is 0. The van der Waals surface area contributed by atoms with E-state index in [1.165, 1.54) is 60.8 Å². The number of unbranched alkanes of at least 4 members (excludes halogenated alkanes) is 4. The third kappa shape index (κ3) is 10.1. The Morgan fingerprint density at radius 3 is 1.11 bits per heavy atom. The molecule has 44 heavy (non-hydrogen) atoms. The summed E-state index contributed by atoms with van der Waals surface area (Å²) >= 11 is 0. The first-order valence-corrected chi connectivity index (χ1v) is 16.6. The van der Waals surface area contributed by atoms with Crippen molar-refractivity contribution < 1.29 is 0 Å². The second-order valence-electron chi connectivity index (χ2n) is 11.5. The van der Waals surface area contributed by atoms with Gasteiger partial charge in [-0.05, 0) is 121 Å². The molecule has 0 heterocycles. The molecule has 0 fully saturated rings. The first-order valence-electron chi connectivity index (χ1n) is 16.6. The first-order chi connectivity index (χ1) is 21.6. The highest BCUT2D eigenvalue weighted by Crippen LogP contribution is 2.16. The molecule has 0 spiro atoms. The van der Waals surface area contributed by atoms with Gasteiger partial charge in [-0.3, -0.25) is 0 Å². The van der Waals surface area contributed by atoms with Crippen LogP contribution in [-0.4, -0.2) is 0 Å². The van der Waals surface area contributed by atoms with E-state index >= 15 is 0 Å². The lowest BCUT2D eigenvalue weighted by Crippen LogP contribution is -1.92. The van der Waals surface area contributed by atoms with E-state index in [1.54, 1.807) is 0 Å². The van der Waals surface area contributed by atoms with Gasteiger partial charge in [0, 0.05) is 33.4 Å². The fourth-order valence-corrected chi connectivity index (χ4v) is 5.26. The van der Waals surface area contributed by atoms with Crippen molar-refractivity contribution in [1.82, 2.24) is 0 Å². The fraction of sp³-hybridized carbons (Fsp3) is 0.318. The smallest absolute Gasteiger partial charge is 0.0281 e. The van der Waals surface area contributed by atoms with Gasteiger partial charge in [0.25, 0.3) is 0 Å². The molecular weight excluding hydrogens is 528 g/mol. The predicted octanol–water partition coefficient (Wildman–Crippen LogP) is 10.5. The summed E-state index contributed by atoms with van der Waals surface area (Å²) in [5.41, 5.74) is 11.6. The van der Waals surface area contributed by atoms with E-state index in [9.17, 15) is 0 Å². The lowest BCUT2D eigenvalue weighted by atomic mass is 9.99. The second kappa shape index (κ2) is 17.6. The van der Waals surface area contributed by atoms with Gasteiger partial charge in [0.2, 0.25) is 0 Å². The summed E-state index contributed by atoms with van der Waals surface area (Å²) in [5.74, 6) is 20.3. The van der Waals surface area contributed by atoms with Crippen LogP contribution in [0.3, 0.4) is 0 Å². The summed E-state index contributed by atoms with van der Waals surface area (Å²) in [5, 5.41) is 0. The minimum absolute atomic E-state index is 0.918. The molecule has 4 rings (SSSR count). The zero-order chi connectivity index (χ0) is 31.0. The van der Waals surface area contributed by atoms with Gasteiger partial charge in [0.15, 0.2) is 0 Å². The van der Waals surface area contributed by atoms with Crippen molar-refractivity contribution in [2.24, 2.45) is 0 Å². The predicted molar refractivity (Wildman–Crippen MR) is 189 cm³/mol. The van der Waals surface area contributed by atoms with Gasteiger partial charge in [-0.15, -0.1) is 0 Å². The van der Waals surface area contributed by atoms with Crippen molar-refractivity contribution in [1.29, 1.82) is 0 Å². The lowest BCUT2D eigenvalue weighted by Gasteiger charge is -2.04. The molecule has 0 atom stereocenters. The topological polar surface area (TPSA) is 0 Å². The van der Waals surface area contributed by atoms with E-state index in [2.05, 4.69) is 148 Å². The average Bonchev–Trinajstić information content (AvgIpc) is 3.07. The summed E-state index contributed by atoms with van der Waals surface area (Å²) in [6.07, 6.45) is 11.7. The Bertz CT molecular complexity index is 1550. The molecule has 0 aliphatic rings. The van der Waals surface area contributed by atoms with E-state index in [1.807, 2.05) is 0 Å². The Hall–Kier alpha value is -4.44. The van der Waals surface area contributed by atoms with Crippen LogP contribution in [0.5, 0.6) is 0 Å². The zero-order valence-corrected chi connectivity index (χ0v) is 27.2. The van der Waals surface area contributed by atoms with Crippen LogP contribution in [0.1, 0.15) is 122 Å². The Labute approximate surface area is 267 Å². The van der Waals surface area contributed by atoms with E-state index in [0.717, 1.165) is 59.1 Å². The van der Waals surface area contributed by atoms with E-state index in [-0.39, 0.29) is 0 Å². The Morgan fingerprint density at radius 1 is 0.386 bits per heavy atom. The van der Waals surface area contributed by atoms with E-state index in [4.69, 9.17) is 0 Å². The van der Waals surface area contributed by atoms with Gasteiger partial charge < -0.3 is 0 Å². The Morgan fingerprint density at radius 2 is 0.750 bits per heavy atom. The van der Waals surface area contributed by atoms with Crippen molar-refractivity contribution in [2.75, 3.05) is 0 Å². The third-order valence-electron chi connectivity index (χ3n) is 8.05. The summed E-state index contributed by atoms with van der Waals surface area (Å²) in [6.45, 7) is 8.85. The largest absolute Gasteiger partial charge is 0.0654 e. The van der Waals surface area contributed by atoms with Crippen LogP contribution in [0.4, 0.5) is 0 Å². The van der Waals surface area contributed by atoms with Crippen molar-refractivity contribution in [2.45, 2.75) is 91.9 Å². The zero-order valence-electron chi connectivity index (χ0n) is 27.2. The van der Waals surface area contributed by atoms with Crippen molar-refractivity contribution in [3.05, 3.63) is 141 Å². The Balaban J connectivity index is 1.44. The number of rotatable bonds is 10. The SMILES string of the molecule is CCCCCc1ccc(C#Cc2ccc(C#Cc3ccc(C#Cc4ccc(CCCCC)cc4)cc3CC)c(CC)c2)cc1. The average molecular weight is 575 g/mol. The Kier molecular flexibility index (Phi) is 13.0. The van der Waals surface area contributed by atoms with Crippen LogP contribution in [0, 0.1) is 35.5 Å². The highest BCUT2D eigenvalue weighted by Gasteiger charge is 2.03. The molecule has 0 N–H and O–H groups in total. The molecule has 0 bridgehead atoms. The van der Waals surface area contributed by atoms with E-state index < -0.39 is 0 Å². The third-order valence-corrected chi connectivity index (χ3v) is 8.05. The molecule has 0 heteroatoms. The molecule has 0 saturated heterocycles. The highest BCUT2D eigenvalue weighted by atomic mass is 14.1. The first kappa shape index (κ1) is 32.5. The molecule has 0 saturated carbocycles. The molecule has 0 unspecified atom stereocenters. The number of benzene rings is 4. The van der Waals surface area contributed by atoms with Gasteiger partial charge in [-0.1, -0.05) is 113 Å². The summed E-state index contributed by atoms with van der Waals surface area (Å²) in [7, 11) is 0. The van der Waals surface area contributed by atoms with Gasteiger partial charge >= 0.3 is 0 Å². The van der Waals surface area contributed by atoms with Gasteiger partial charge in [-0.25, -0.2) is 0 Å². The van der Waals surface area contributed by atoms with Crippen LogP contribution in [0.25, 0.3) is 0 Å². The minimum Gasteiger partial charge on any atom is -0.0654 e. The number of aryl methyl sites for hydroxylation is 4. The summed E-state index contributed by atoms with van der Waals surface area (Å²) in [6, 6.07) is 30.2. The van der Waals surface area contributed by atoms with Crippen molar-refractivity contribution >= 4 is 0 Å². The normalized spacial score (nSPS) is 10.2. The maximum Gasteiger partial charge on any atom is 0.0281 e.